The van der Waals surface area contributed by atoms with Gasteiger partial charge in [-0.3, -0.25) is 9.59 Å². The fourth-order valence-electron chi connectivity index (χ4n) is 4.65. The molecule has 2 unspecified atom stereocenters. The van der Waals surface area contributed by atoms with Gasteiger partial charge >= 0.3 is 0 Å². The number of nitrogens with one attached hydrogen (secondary N) is 1. The van der Waals surface area contributed by atoms with Crippen molar-refractivity contribution in [2.45, 2.75) is 82.0 Å². The molecule has 5 nitrogen and oxygen atoms in total. The van der Waals surface area contributed by atoms with E-state index in [9.17, 15) is 9.59 Å². The zero-order valence-electron chi connectivity index (χ0n) is 16.1. The normalized spacial score (nSPS) is 28.3. The van der Waals surface area contributed by atoms with E-state index >= 15 is 0 Å². The Balaban J connectivity index is 0.00000243. The molecule has 0 aromatic heterocycles. The van der Waals surface area contributed by atoms with Crippen molar-refractivity contribution in [2.24, 2.45) is 0 Å². The number of fused-ring (bicyclic) bond motifs is 2. The summed E-state index contributed by atoms with van der Waals surface area (Å²) < 4.78 is 0. The highest BCUT2D eigenvalue weighted by Gasteiger charge is 2.36. The van der Waals surface area contributed by atoms with Crippen LogP contribution < -0.4 is 5.32 Å². The average Bonchev–Trinajstić information content (AvgIpc) is 2.98. The highest BCUT2D eigenvalue weighted by Crippen LogP contribution is 2.29. The molecule has 2 amide bonds. The minimum atomic E-state index is 0. The van der Waals surface area contributed by atoms with Crippen molar-refractivity contribution in [1.29, 1.82) is 0 Å². The lowest BCUT2D eigenvalue weighted by molar-refractivity contribution is -0.130. The van der Waals surface area contributed by atoms with Crippen LogP contribution in [0.1, 0.15) is 57.8 Å². The van der Waals surface area contributed by atoms with E-state index in [1.807, 2.05) is 23.9 Å². The molecule has 7 heteroatoms. The third-order valence-corrected chi connectivity index (χ3v) is 7.26. The number of piperidine rings is 1. The van der Waals surface area contributed by atoms with Crippen molar-refractivity contribution in [3.8, 4) is 0 Å². The molecule has 0 aromatic carbocycles. The summed E-state index contributed by atoms with van der Waals surface area (Å²) in [6.07, 6.45) is 10.7. The van der Waals surface area contributed by atoms with Crippen molar-refractivity contribution >= 4 is 36.0 Å². The van der Waals surface area contributed by atoms with Gasteiger partial charge in [-0.25, -0.2) is 0 Å². The van der Waals surface area contributed by atoms with E-state index in [4.69, 9.17) is 0 Å². The van der Waals surface area contributed by atoms with E-state index in [1.165, 1.54) is 43.9 Å². The van der Waals surface area contributed by atoms with Crippen LogP contribution in [-0.4, -0.2) is 71.4 Å². The molecule has 1 saturated carbocycles. The van der Waals surface area contributed by atoms with Crippen LogP contribution in [0, 0.1) is 0 Å². The summed E-state index contributed by atoms with van der Waals surface area (Å²) in [7, 11) is 3.87. The summed E-state index contributed by atoms with van der Waals surface area (Å²) in [5.74, 6) is 1.18. The van der Waals surface area contributed by atoms with Gasteiger partial charge in [-0.15, -0.1) is 24.2 Å². The number of hydrogen-bond donors (Lipinski definition) is 1. The molecule has 1 aliphatic carbocycles. The summed E-state index contributed by atoms with van der Waals surface area (Å²) in [5.41, 5.74) is 0. The van der Waals surface area contributed by atoms with Gasteiger partial charge in [0.15, 0.2) is 0 Å². The molecule has 26 heavy (non-hydrogen) atoms. The van der Waals surface area contributed by atoms with Crippen LogP contribution in [-0.2, 0) is 9.59 Å². The van der Waals surface area contributed by atoms with Crippen LogP contribution in [0.4, 0.5) is 0 Å². The van der Waals surface area contributed by atoms with Crippen molar-refractivity contribution < 1.29 is 9.59 Å². The Kier molecular flexibility index (Phi) is 8.55. The molecule has 0 spiro atoms. The van der Waals surface area contributed by atoms with E-state index < -0.39 is 0 Å². The molecule has 2 bridgehead atoms. The molecular weight excluding hydrogens is 370 g/mol. The van der Waals surface area contributed by atoms with Crippen molar-refractivity contribution in [3.63, 3.8) is 0 Å². The molecule has 3 rings (SSSR count). The third kappa shape index (κ3) is 5.52. The molecule has 2 saturated heterocycles. The summed E-state index contributed by atoms with van der Waals surface area (Å²) >= 11 is 1.47. The maximum Gasteiger partial charge on any atom is 0.232 e. The summed E-state index contributed by atoms with van der Waals surface area (Å²) in [6, 6.07) is 1.97. The molecule has 2 aliphatic heterocycles. The van der Waals surface area contributed by atoms with Gasteiger partial charge in [-0.2, -0.15) is 0 Å². The Morgan fingerprint density at radius 2 is 1.35 bits per heavy atom. The monoisotopic (exact) mass is 403 g/mol. The molecule has 0 aromatic rings. The molecule has 0 radical (unpaired) electrons. The van der Waals surface area contributed by atoms with E-state index in [0.717, 1.165) is 25.7 Å². The largest absolute Gasteiger partial charge is 0.342 e. The lowest BCUT2D eigenvalue weighted by atomic mass is 9.94. The lowest BCUT2D eigenvalue weighted by Crippen LogP contribution is -2.49. The van der Waals surface area contributed by atoms with Gasteiger partial charge in [0.05, 0.1) is 11.5 Å². The lowest BCUT2D eigenvalue weighted by Gasteiger charge is -2.35. The van der Waals surface area contributed by atoms with Crippen LogP contribution in [0.2, 0.25) is 0 Å². The quantitative estimate of drug-likeness (QED) is 0.740. The fourth-order valence-corrected chi connectivity index (χ4v) is 5.51. The first-order valence-corrected chi connectivity index (χ1v) is 11.0. The number of thioether (sulfide) groups is 1. The Labute approximate surface area is 168 Å². The average molecular weight is 404 g/mol. The number of rotatable bonds is 6. The first-order chi connectivity index (χ1) is 12.0. The first-order valence-electron chi connectivity index (χ1n) is 9.89. The van der Waals surface area contributed by atoms with Crippen molar-refractivity contribution in [2.75, 3.05) is 25.6 Å². The van der Waals surface area contributed by atoms with Crippen molar-refractivity contribution in [3.05, 3.63) is 0 Å². The standard InChI is InChI=1S/C19H33N3O2S.ClH/c1-21(16-6-4-3-5-7-16)18(23)12-25-13-19(24)22(2)17-10-14-8-9-15(11-17)20-14;/h14-17,20H,3-13H2,1-2H3;1H. The second-order valence-corrected chi connectivity index (χ2v) is 9.04. The number of amides is 2. The second kappa shape index (κ2) is 10.2. The van der Waals surface area contributed by atoms with Crippen LogP contribution in [0.15, 0.2) is 0 Å². The third-order valence-electron chi connectivity index (χ3n) is 6.36. The molecule has 3 fully saturated rings. The Bertz CT molecular complexity index is 475. The van der Waals surface area contributed by atoms with Gasteiger partial charge in [0, 0.05) is 38.3 Å². The number of hydrogen-bond acceptors (Lipinski definition) is 4. The molecule has 150 valence electrons. The number of carbonyl (C=O) groups is 2. The van der Waals surface area contributed by atoms with Gasteiger partial charge in [0.25, 0.3) is 0 Å². The fraction of sp³-hybridized carbons (Fsp3) is 0.895. The highest BCUT2D eigenvalue weighted by molar-refractivity contribution is 8.00. The van der Waals surface area contributed by atoms with E-state index in [-0.39, 0.29) is 24.2 Å². The maximum atomic E-state index is 12.5. The topological polar surface area (TPSA) is 52.7 Å². The van der Waals surface area contributed by atoms with Gasteiger partial charge < -0.3 is 15.1 Å². The molecule has 3 aliphatic rings. The van der Waals surface area contributed by atoms with Gasteiger partial charge in [0.2, 0.25) is 11.8 Å². The Morgan fingerprint density at radius 3 is 1.88 bits per heavy atom. The minimum absolute atomic E-state index is 0. The zero-order chi connectivity index (χ0) is 17.8. The van der Waals surface area contributed by atoms with Crippen LogP contribution in [0.3, 0.4) is 0 Å². The summed E-state index contributed by atoms with van der Waals surface area (Å²) in [6.45, 7) is 0. The van der Waals surface area contributed by atoms with Gasteiger partial charge in [-0.05, 0) is 38.5 Å². The predicted octanol–water partition coefficient (Wildman–Crippen LogP) is 2.67. The highest BCUT2D eigenvalue weighted by atomic mass is 35.5. The number of nitrogens with zero attached hydrogens (tertiary/aromatic N) is 2. The van der Waals surface area contributed by atoms with E-state index in [0.29, 0.717) is 35.7 Å². The minimum Gasteiger partial charge on any atom is -0.342 e. The van der Waals surface area contributed by atoms with Gasteiger partial charge in [-0.1, -0.05) is 19.3 Å². The SMILES string of the molecule is CN(C(=O)CSCC(=O)N(C)C1CC2CCC(C1)N2)C1CCCCC1.Cl. The molecule has 1 N–H and O–H groups in total. The smallest absolute Gasteiger partial charge is 0.232 e. The number of halogens is 1. The van der Waals surface area contributed by atoms with Gasteiger partial charge in [0.1, 0.15) is 0 Å². The molecule has 2 atom stereocenters. The van der Waals surface area contributed by atoms with Crippen molar-refractivity contribution in [1.82, 2.24) is 15.1 Å². The second-order valence-electron chi connectivity index (χ2n) is 8.06. The first kappa shape index (κ1) is 21.8. The summed E-state index contributed by atoms with van der Waals surface area (Å²) in [5, 5.41) is 3.62. The molecule has 2 heterocycles. The maximum absolute atomic E-state index is 12.5. The zero-order valence-corrected chi connectivity index (χ0v) is 17.7. The van der Waals surface area contributed by atoms with Crippen LogP contribution >= 0.6 is 24.2 Å². The summed E-state index contributed by atoms with van der Waals surface area (Å²) in [4.78, 5) is 28.7. The van der Waals surface area contributed by atoms with E-state index in [1.54, 1.807) is 0 Å². The molecular formula is C19H34ClN3O2S. The number of carbonyl (C=O) groups excluding carboxylic acids is 2. The predicted molar refractivity (Wildman–Crippen MR) is 110 cm³/mol. The Hall–Kier alpha value is -0.460. The Morgan fingerprint density at radius 1 is 0.846 bits per heavy atom. The van der Waals surface area contributed by atoms with Crippen LogP contribution in [0.25, 0.3) is 0 Å². The van der Waals surface area contributed by atoms with E-state index in [2.05, 4.69) is 5.32 Å². The van der Waals surface area contributed by atoms with Crippen LogP contribution in [0.5, 0.6) is 0 Å².